The maximum absolute atomic E-state index is 2.77. The largest absolute Gasteiger partial charge is 0.367 e. The van der Waals surface area contributed by atoms with E-state index in [4.69, 9.17) is 0 Å². The second-order valence-corrected chi connectivity index (χ2v) is 21.3. The molecule has 2 nitrogen and oxygen atoms in total. The molecule has 0 radical (unpaired) electrons. The van der Waals surface area contributed by atoms with Crippen LogP contribution in [0.3, 0.4) is 0 Å². The number of rotatable bonds is 2. The van der Waals surface area contributed by atoms with Gasteiger partial charge in [-0.05, 0) is 91.7 Å². The predicted molar refractivity (Wildman–Crippen MR) is 270 cm³/mol. The number of hydrogen-bond acceptors (Lipinski definition) is 3. The van der Waals surface area contributed by atoms with Gasteiger partial charge in [0.1, 0.15) is 0 Å². The van der Waals surface area contributed by atoms with E-state index in [-0.39, 0.29) is 17.7 Å². The molecule has 62 heavy (non-hydrogen) atoms. The van der Waals surface area contributed by atoms with Crippen molar-refractivity contribution in [1.29, 1.82) is 0 Å². The zero-order chi connectivity index (χ0) is 41.4. The number of nitrogens with zero attached hydrogens (tertiary/aromatic N) is 2. The molecule has 0 saturated heterocycles. The highest BCUT2D eigenvalue weighted by atomic mass is 32.1. The van der Waals surface area contributed by atoms with Crippen LogP contribution in [0.4, 0.5) is 17.1 Å². The van der Waals surface area contributed by atoms with E-state index in [0.717, 1.165) is 0 Å². The van der Waals surface area contributed by atoms with E-state index in [1.165, 1.54) is 129 Å². The van der Waals surface area contributed by atoms with E-state index < -0.39 is 0 Å². The lowest BCUT2D eigenvalue weighted by atomic mass is 9.44. The normalized spacial score (nSPS) is 14.6. The minimum atomic E-state index is -0.198. The molecule has 0 saturated carbocycles. The molecule has 3 aromatic heterocycles. The van der Waals surface area contributed by atoms with Gasteiger partial charge in [0, 0.05) is 74.5 Å². The van der Waals surface area contributed by atoms with Crippen molar-refractivity contribution in [1.82, 2.24) is 4.48 Å². The van der Waals surface area contributed by atoms with Crippen LogP contribution in [0.25, 0.3) is 84.8 Å². The number of hydrogen-bond donors (Lipinski definition) is 0. The lowest BCUT2D eigenvalue weighted by Crippen LogP contribution is -2.57. The standard InChI is InChI=1S/C57H41BN2S2/c1-56(2,3)33-26-27-44(39(28-33)32-16-7-6-8-17-32)59-45-31-49-40(34-18-10-13-24-47(34)61-49)29-43(45)58-53-46(59)30-42-51(35-19-9-12-23-41(35)57(42,4)5)52(53)38-22-15-21-37-50-36-20-11-14-25-48(36)62-55(50)60(58)54(37)38/h6-31H,1-5H3. The molecular weight excluding hydrogens is 788 g/mol. The van der Waals surface area contributed by atoms with Crippen LogP contribution in [0, 0.1) is 0 Å². The summed E-state index contributed by atoms with van der Waals surface area (Å²) < 4.78 is 6.76. The van der Waals surface area contributed by atoms with Crippen molar-refractivity contribution in [3.8, 4) is 33.4 Å². The molecule has 11 aromatic rings. The van der Waals surface area contributed by atoms with Crippen LogP contribution in [0.2, 0.25) is 0 Å². The highest BCUT2D eigenvalue weighted by Crippen LogP contribution is 2.58. The molecule has 0 bridgehead atoms. The van der Waals surface area contributed by atoms with Crippen LogP contribution in [0.15, 0.2) is 158 Å². The van der Waals surface area contributed by atoms with Gasteiger partial charge in [-0.3, -0.25) is 0 Å². The van der Waals surface area contributed by atoms with Crippen molar-refractivity contribution in [3.05, 3.63) is 174 Å². The molecule has 8 aromatic carbocycles. The maximum Gasteiger partial charge on any atom is 0.333 e. The van der Waals surface area contributed by atoms with E-state index in [9.17, 15) is 0 Å². The number of fused-ring (bicyclic) bond motifs is 16. The van der Waals surface area contributed by atoms with Crippen molar-refractivity contribution < 1.29 is 0 Å². The molecule has 0 spiro atoms. The summed E-state index contributed by atoms with van der Waals surface area (Å²) in [5.41, 5.74) is 19.8. The van der Waals surface area contributed by atoms with Crippen LogP contribution in [-0.4, -0.2) is 11.3 Å². The van der Waals surface area contributed by atoms with Crippen LogP contribution in [0.1, 0.15) is 51.3 Å². The molecule has 0 amide bonds. The molecule has 14 rings (SSSR count). The molecule has 3 aliphatic rings. The Hall–Kier alpha value is -6.40. The van der Waals surface area contributed by atoms with Gasteiger partial charge in [0.05, 0.1) is 10.5 Å². The number of aromatic nitrogens is 1. The first-order chi connectivity index (χ1) is 30.2. The summed E-state index contributed by atoms with van der Waals surface area (Å²) in [4.78, 5) is 4.03. The zero-order valence-electron chi connectivity index (χ0n) is 35.3. The minimum absolute atomic E-state index is 0.0160. The average Bonchev–Trinajstić information content (AvgIpc) is 4.00. The second kappa shape index (κ2) is 11.9. The molecular formula is C57H41BN2S2. The summed E-state index contributed by atoms with van der Waals surface area (Å²) in [6.07, 6.45) is 0. The molecule has 5 heterocycles. The Bertz CT molecular complexity index is 3780. The van der Waals surface area contributed by atoms with Gasteiger partial charge in [0.15, 0.2) is 0 Å². The summed E-state index contributed by atoms with van der Waals surface area (Å²) in [5.74, 6) is 0. The fourth-order valence-electron chi connectivity index (χ4n) is 11.7. The van der Waals surface area contributed by atoms with E-state index in [1.807, 2.05) is 22.7 Å². The molecule has 1 aliphatic carbocycles. The smallest absolute Gasteiger partial charge is 0.333 e. The minimum Gasteiger partial charge on any atom is -0.367 e. The SMILES string of the molecule is CC(C)(C)c1ccc(N2c3cc4sc5ccccc5c4cc3B3c4c2cc2c(c4-c4cccc5c6c7ccccc7sc6n3c45)-c3ccccc3C2(C)C)c(-c2ccccc2)c1. The van der Waals surface area contributed by atoms with Gasteiger partial charge in [-0.25, -0.2) is 0 Å². The fraction of sp³-hybridized carbons (Fsp3) is 0.123. The second-order valence-electron chi connectivity index (χ2n) is 19.2. The van der Waals surface area contributed by atoms with Crippen molar-refractivity contribution in [2.24, 2.45) is 0 Å². The Kier molecular flexibility index (Phi) is 6.79. The summed E-state index contributed by atoms with van der Waals surface area (Å²) in [6.45, 7) is 11.8. The summed E-state index contributed by atoms with van der Waals surface area (Å²) in [7, 11) is 0. The molecule has 0 unspecified atom stereocenters. The van der Waals surface area contributed by atoms with Crippen LogP contribution in [-0.2, 0) is 10.8 Å². The highest BCUT2D eigenvalue weighted by molar-refractivity contribution is 7.26. The van der Waals surface area contributed by atoms with Crippen molar-refractivity contribution >= 4 is 109 Å². The first-order valence-electron chi connectivity index (χ1n) is 21.9. The van der Waals surface area contributed by atoms with Crippen LogP contribution >= 0.6 is 22.7 Å². The van der Waals surface area contributed by atoms with E-state index in [0.29, 0.717) is 0 Å². The van der Waals surface area contributed by atoms with Crippen molar-refractivity contribution in [2.75, 3.05) is 4.90 Å². The fourth-order valence-corrected chi connectivity index (χ4v) is 14.0. The van der Waals surface area contributed by atoms with E-state index >= 15 is 0 Å². The Balaban J connectivity index is 1.21. The first kappa shape index (κ1) is 35.2. The molecule has 5 heteroatoms. The lowest BCUT2D eigenvalue weighted by Gasteiger charge is -2.42. The number of benzene rings is 8. The van der Waals surface area contributed by atoms with Gasteiger partial charge in [-0.2, -0.15) is 0 Å². The number of para-hydroxylation sites is 1. The van der Waals surface area contributed by atoms with Crippen molar-refractivity contribution in [2.45, 2.75) is 45.4 Å². The van der Waals surface area contributed by atoms with Gasteiger partial charge in [-0.1, -0.05) is 156 Å². The Morgan fingerprint density at radius 3 is 2.05 bits per heavy atom. The quantitative estimate of drug-likeness (QED) is 0.158. The monoisotopic (exact) mass is 828 g/mol. The zero-order valence-corrected chi connectivity index (χ0v) is 36.9. The van der Waals surface area contributed by atoms with Gasteiger partial charge in [0.2, 0.25) is 0 Å². The van der Waals surface area contributed by atoms with Gasteiger partial charge in [-0.15, -0.1) is 22.7 Å². The highest BCUT2D eigenvalue weighted by Gasteiger charge is 2.48. The topological polar surface area (TPSA) is 8.17 Å². The van der Waals surface area contributed by atoms with E-state index in [1.54, 1.807) is 0 Å². The summed E-state index contributed by atoms with van der Waals surface area (Å²) in [6, 6.07) is 60.5. The predicted octanol–water partition coefficient (Wildman–Crippen LogP) is 15.1. The van der Waals surface area contributed by atoms with Crippen LogP contribution in [0.5, 0.6) is 0 Å². The van der Waals surface area contributed by atoms with Crippen molar-refractivity contribution in [3.63, 3.8) is 0 Å². The third-order valence-electron chi connectivity index (χ3n) is 14.5. The summed E-state index contributed by atoms with van der Waals surface area (Å²) in [5, 5.41) is 6.74. The Morgan fingerprint density at radius 1 is 0.516 bits per heavy atom. The van der Waals surface area contributed by atoms with Gasteiger partial charge < -0.3 is 9.38 Å². The Morgan fingerprint density at radius 2 is 1.23 bits per heavy atom. The first-order valence-corrected chi connectivity index (χ1v) is 23.5. The lowest BCUT2D eigenvalue weighted by molar-refractivity contribution is 0.590. The molecule has 294 valence electrons. The number of thiophene rings is 2. The van der Waals surface area contributed by atoms with E-state index in [2.05, 4.69) is 202 Å². The van der Waals surface area contributed by atoms with Gasteiger partial charge in [0.25, 0.3) is 0 Å². The number of anilines is 3. The molecule has 0 N–H and O–H groups in total. The third kappa shape index (κ3) is 4.40. The molecule has 2 aliphatic heterocycles. The molecule has 0 atom stereocenters. The third-order valence-corrected chi connectivity index (χ3v) is 16.8. The molecule has 0 fully saturated rings. The Labute approximate surface area is 369 Å². The van der Waals surface area contributed by atoms with Gasteiger partial charge >= 0.3 is 6.85 Å². The summed E-state index contributed by atoms with van der Waals surface area (Å²) >= 11 is 3.87. The average molecular weight is 829 g/mol. The maximum atomic E-state index is 2.77. The van der Waals surface area contributed by atoms with Crippen LogP contribution < -0.4 is 15.8 Å².